The highest BCUT2D eigenvalue weighted by molar-refractivity contribution is 14.1. The van der Waals surface area contributed by atoms with Crippen LogP contribution in [0.5, 0.6) is 0 Å². The number of carbonyl (C=O) groups excluding carboxylic acids is 3. The van der Waals surface area contributed by atoms with Gasteiger partial charge in [0.15, 0.2) is 0 Å². The summed E-state index contributed by atoms with van der Waals surface area (Å²) in [6.45, 7) is 1.87. The zero-order chi connectivity index (χ0) is 21.6. The number of carboxylic acid groups (broad SMARTS) is 1. The van der Waals surface area contributed by atoms with E-state index in [4.69, 9.17) is 0 Å². The van der Waals surface area contributed by atoms with Crippen LogP contribution >= 0.6 is 22.6 Å². The average molecular weight is 516 g/mol. The Balaban J connectivity index is 2.15. The maximum Gasteiger partial charge on any atom is 0.326 e. The van der Waals surface area contributed by atoms with Crippen LogP contribution in [0.4, 0.5) is 0 Å². The zero-order valence-electron chi connectivity index (χ0n) is 16.7. The highest BCUT2D eigenvalue weighted by Crippen LogP contribution is 2.09. The van der Waals surface area contributed by atoms with Crippen molar-refractivity contribution in [2.75, 3.05) is 6.54 Å². The minimum Gasteiger partial charge on any atom is -0.480 e. The number of unbranched alkanes of at least 4 members (excludes halogenated alkanes) is 1. The second-order valence-corrected chi connectivity index (χ2v) is 8.23. The lowest BCUT2D eigenvalue weighted by atomic mass is 10.1. The Labute approximate surface area is 185 Å². The molecule has 0 spiro atoms. The second kappa shape index (κ2) is 14.1. The van der Waals surface area contributed by atoms with Crippen molar-refractivity contribution in [2.45, 2.75) is 64.3 Å². The second-order valence-electron chi connectivity index (χ2n) is 6.99. The number of hydrogen-bond donors (Lipinski definition) is 3. The molecular formula is C21H29IN2O5. The number of carbonyl (C=O) groups is 4. The zero-order valence-corrected chi connectivity index (χ0v) is 18.9. The first-order valence-corrected chi connectivity index (χ1v) is 10.9. The average Bonchev–Trinajstić information content (AvgIpc) is 2.66. The summed E-state index contributed by atoms with van der Waals surface area (Å²) in [5.41, 5.74) is 1.21. The number of aryl methyl sites for hydroxylation is 1. The minimum absolute atomic E-state index is 0.00259. The maximum atomic E-state index is 11.9. The van der Waals surface area contributed by atoms with Gasteiger partial charge in [-0.05, 0) is 79.3 Å². The Morgan fingerprint density at radius 1 is 0.966 bits per heavy atom. The van der Waals surface area contributed by atoms with Crippen LogP contribution in [0.2, 0.25) is 0 Å². The van der Waals surface area contributed by atoms with Crippen LogP contribution in [0.15, 0.2) is 24.3 Å². The fourth-order valence-electron chi connectivity index (χ4n) is 2.71. The summed E-state index contributed by atoms with van der Waals surface area (Å²) in [7, 11) is 0. The van der Waals surface area contributed by atoms with Gasteiger partial charge in [0.05, 0.1) is 0 Å². The van der Waals surface area contributed by atoms with Crippen LogP contribution in [0, 0.1) is 3.57 Å². The van der Waals surface area contributed by atoms with Gasteiger partial charge in [0.1, 0.15) is 11.8 Å². The van der Waals surface area contributed by atoms with Crippen molar-refractivity contribution in [2.24, 2.45) is 0 Å². The van der Waals surface area contributed by atoms with E-state index in [1.54, 1.807) is 0 Å². The van der Waals surface area contributed by atoms with Gasteiger partial charge in [-0.25, -0.2) is 4.79 Å². The van der Waals surface area contributed by atoms with Crippen molar-refractivity contribution >= 4 is 46.2 Å². The van der Waals surface area contributed by atoms with E-state index in [1.807, 2.05) is 12.1 Å². The van der Waals surface area contributed by atoms with E-state index in [2.05, 4.69) is 45.4 Å². The highest BCUT2D eigenvalue weighted by Gasteiger charge is 2.19. The summed E-state index contributed by atoms with van der Waals surface area (Å²) in [6, 6.07) is 7.26. The molecule has 2 amide bonds. The Morgan fingerprint density at radius 2 is 1.66 bits per heavy atom. The first-order valence-electron chi connectivity index (χ1n) is 9.80. The van der Waals surface area contributed by atoms with Gasteiger partial charge in [-0.15, -0.1) is 0 Å². The third kappa shape index (κ3) is 12.2. The molecular weight excluding hydrogens is 487 g/mol. The third-order valence-corrected chi connectivity index (χ3v) is 5.08. The molecule has 0 saturated heterocycles. The van der Waals surface area contributed by atoms with Crippen molar-refractivity contribution in [3.8, 4) is 0 Å². The molecule has 8 heteroatoms. The number of Topliss-reactive ketones (excluding diaryl/α,β-unsaturated/α-hetero) is 1. The first kappa shape index (κ1) is 25.1. The Kier molecular flexibility index (Phi) is 12.2. The molecule has 1 atom stereocenters. The molecule has 0 aliphatic rings. The van der Waals surface area contributed by atoms with E-state index < -0.39 is 17.9 Å². The van der Waals surface area contributed by atoms with Gasteiger partial charge in [-0.1, -0.05) is 12.1 Å². The number of ketones is 1. The number of carboxylic acids is 1. The van der Waals surface area contributed by atoms with E-state index >= 15 is 0 Å². The van der Waals surface area contributed by atoms with Gasteiger partial charge in [0.25, 0.3) is 0 Å². The third-order valence-electron chi connectivity index (χ3n) is 4.36. The molecule has 0 unspecified atom stereocenters. The molecule has 0 aromatic heterocycles. The molecule has 160 valence electrons. The number of rotatable bonds is 14. The molecule has 0 aliphatic carbocycles. The maximum absolute atomic E-state index is 11.9. The molecule has 0 saturated carbocycles. The van der Waals surface area contributed by atoms with Crippen LogP contribution < -0.4 is 10.6 Å². The van der Waals surface area contributed by atoms with Crippen LogP contribution in [-0.2, 0) is 25.6 Å². The monoisotopic (exact) mass is 516 g/mol. The van der Waals surface area contributed by atoms with Crippen LogP contribution in [0.25, 0.3) is 0 Å². The van der Waals surface area contributed by atoms with Crippen molar-refractivity contribution in [1.82, 2.24) is 10.6 Å². The van der Waals surface area contributed by atoms with Crippen molar-refractivity contribution < 1.29 is 24.3 Å². The lowest BCUT2D eigenvalue weighted by Gasteiger charge is -2.14. The van der Waals surface area contributed by atoms with Gasteiger partial charge in [-0.2, -0.15) is 0 Å². The van der Waals surface area contributed by atoms with Crippen molar-refractivity contribution in [3.63, 3.8) is 0 Å². The molecule has 0 radical (unpaired) electrons. The summed E-state index contributed by atoms with van der Waals surface area (Å²) in [5.74, 6) is -1.65. The number of halogens is 1. The van der Waals surface area contributed by atoms with Crippen LogP contribution in [-0.4, -0.2) is 41.3 Å². The lowest BCUT2D eigenvalue weighted by Crippen LogP contribution is -2.40. The van der Waals surface area contributed by atoms with Crippen LogP contribution in [0.3, 0.4) is 0 Å². The summed E-state index contributed by atoms with van der Waals surface area (Å²) in [4.78, 5) is 45.7. The SMILES string of the molecule is CC(=O)CCC(=O)N[C@H](CCCCNC(=O)CCCc1ccc(I)cc1)C(=O)O. The number of benzene rings is 1. The largest absolute Gasteiger partial charge is 0.480 e. The molecule has 1 rings (SSSR count). The molecule has 7 nitrogen and oxygen atoms in total. The van der Waals surface area contributed by atoms with Gasteiger partial charge in [0.2, 0.25) is 11.8 Å². The highest BCUT2D eigenvalue weighted by atomic mass is 127. The fraction of sp³-hybridized carbons (Fsp3) is 0.524. The molecule has 1 aromatic rings. The van der Waals surface area contributed by atoms with E-state index in [0.29, 0.717) is 25.8 Å². The number of amides is 2. The minimum atomic E-state index is -1.10. The Morgan fingerprint density at radius 3 is 2.28 bits per heavy atom. The molecule has 0 fully saturated rings. The van der Waals surface area contributed by atoms with Gasteiger partial charge in [-0.3, -0.25) is 9.59 Å². The summed E-state index contributed by atoms with van der Waals surface area (Å²) in [6.07, 6.45) is 3.67. The molecule has 3 N–H and O–H groups in total. The summed E-state index contributed by atoms with van der Waals surface area (Å²) < 4.78 is 1.19. The molecule has 29 heavy (non-hydrogen) atoms. The summed E-state index contributed by atoms with van der Waals surface area (Å²) in [5, 5.41) is 14.5. The lowest BCUT2D eigenvalue weighted by molar-refractivity contribution is -0.142. The molecule has 1 aromatic carbocycles. The molecule has 0 heterocycles. The van der Waals surface area contributed by atoms with Crippen molar-refractivity contribution in [3.05, 3.63) is 33.4 Å². The number of nitrogens with one attached hydrogen (secondary N) is 2. The number of hydrogen-bond acceptors (Lipinski definition) is 4. The quantitative estimate of drug-likeness (QED) is 0.260. The van der Waals surface area contributed by atoms with Gasteiger partial charge in [0, 0.05) is 29.4 Å². The van der Waals surface area contributed by atoms with Crippen LogP contribution in [0.1, 0.15) is 57.4 Å². The topological polar surface area (TPSA) is 113 Å². The van der Waals surface area contributed by atoms with E-state index in [9.17, 15) is 24.3 Å². The fourth-order valence-corrected chi connectivity index (χ4v) is 3.07. The molecule has 0 bridgehead atoms. The van der Waals surface area contributed by atoms with Crippen molar-refractivity contribution in [1.29, 1.82) is 0 Å². The summed E-state index contributed by atoms with van der Waals surface area (Å²) >= 11 is 2.26. The van der Waals surface area contributed by atoms with E-state index in [1.165, 1.54) is 16.1 Å². The Hall–Kier alpha value is -1.97. The predicted molar refractivity (Wildman–Crippen MR) is 118 cm³/mol. The van der Waals surface area contributed by atoms with Gasteiger partial charge >= 0.3 is 5.97 Å². The normalized spacial score (nSPS) is 11.5. The molecule has 0 aliphatic heterocycles. The number of aliphatic carboxylic acids is 1. The predicted octanol–water partition coefficient (Wildman–Crippen LogP) is 2.84. The smallest absolute Gasteiger partial charge is 0.326 e. The van der Waals surface area contributed by atoms with Gasteiger partial charge < -0.3 is 20.5 Å². The van der Waals surface area contributed by atoms with E-state index in [-0.39, 0.29) is 31.0 Å². The standard InChI is InChI=1S/C21H29IN2O5/c1-15(25)8-13-20(27)24-18(21(28)29)6-2-3-14-23-19(26)7-4-5-16-9-11-17(22)12-10-16/h9-12,18H,2-8,13-14H2,1H3,(H,23,26)(H,24,27)(H,28,29)/t18-/m1/s1. The first-order chi connectivity index (χ1) is 13.8. The van der Waals surface area contributed by atoms with E-state index in [0.717, 1.165) is 12.8 Å². The Bertz CT molecular complexity index is 691.